The lowest BCUT2D eigenvalue weighted by atomic mass is 9.48. The van der Waals surface area contributed by atoms with Crippen LogP contribution in [0.15, 0.2) is 18.2 Å². The predicted octanol–water partition coefficient (Wildman–Crippen LogP) is 5.79. The summed E-state index contributed by atoms with van der Waals surface area (Å²) in [4.78, 5) is 13.3. The second-order valence-electron chi connectivity index (χ2n) is 12.1. The molecule has 4 nitrogen and oxygen atoms in total. The number of hydrogen-bond acceptors (Lipinski definition) is 4. The van der Waals surface area contributed by atoms with Gasteiger partial charge in [-0.25, -0.2) is 8.78 Å². The van der Waals surface area contributed by atoms with Gasteiger partial charge < -0.3 is 10.4 Å². The summed E-state index contributed by atoms with van der Waals surface area (Å²) in [6.45, 7) is 4.14. The SMILES string of the molecule is C[C@@]1(O)CC[C@@]2(F)[C@H](CCC3[C@@H]4CC[C@H](C(=O)CNc5ccc(C#N)cc5F)[C@@]4(C)CC[C@@H]32)C1. The zero-order valence-corrected chi connectivity index (χ0v) is 20.2. The number of alkyl halides is 1. The zero-order valence-electron chi connectivity index (χ0n) is 20.2. The minimum absolute atomic E-state index is 0.0418. The third kappa shape index (κ3) is 3.75. The molecule has 0 aliphatic heterocycles. The lowest BCUT2D eigenvalue weighted by molar-refractivity contribution is -0.165. The summed E-state index contributed by atoms with van der Waals surface area (Å²) >= 11 is 0. The summed E-state index contributed by atoms with van der Waals surface area (Å²) < 4.78 is 30.7. The Bertz CT molecular complexity index is 1020. The highest BCUT2D eigenvalue weighted by Crippen LogP contribution is 2.66. The normalized spacial score (nSPS) is 43.2. The molecule has 4 fully saturated rings. The Balaban J connectivity index is 1.28. The maximum atomic E-state index is 16.5. The monoisotopic (exact) mass is 470 g/mol. The van der Waals surface area contributed by atoms with Crippen molar-refractivity contribution in [2.24, 2.45) is 35.0 Å². The van der Waals surface area contributed by atoms with Crippen LogP contribution in [0.1, 0.15) is 77.2 Å². The second kappa shape index (κ2) is 8.29. The van der Waals surface area contributed by atoms with Crippen molar-refractivity contribution in [1.82, 2.24) is 0 Å². The Kier molecular flexibility index (Phi) is 5.79. The summed E-state index contributed by atoms with van der Waals surface area (Å²) in [5.41, 5.74) is -1.57. The van der Waals surface area contributed by atoms with Crippen molar-refractivity contribution >= 4 is 11.5 Å². The molecule has 0 heterocycles. The number of benzene rings is 1. The van der Waals surface area contributed by atoms with Gasteiger partial charge >= 0.3 is 0 Å². The number of carbonyl (C=O) groups excluding carboxylic acids is 1. The first-order chi connectivity index (χ1) is 16.1. The molecule has 1 aromatic carbocycles. The molecule has 4 aliphatic carbocycles. The van der Waals surface area contributed by atoms with E-state index in [1.165, 1.54) is 18.2 Å². The fourth-order valence-corrected chi connectivity index (χ4v) is 8.54. The zero-order chi connectivity index (χ0) is 24.3. The summed E-state index contributed by atoms with van der Waals surface area (Å²) in [5, 5.41) is 22.4. The van der Waals surface area contributed by atoms with Crippen molar-refractivity contribution in [2.75, 3.05) is 11.9 Å². The van der Waals surface area contributed by atoms with E-state index in [1.807, 2.05) is 13.0 Å². The van der Waals surface area contributed by atoms with Crippen LogP contribution < -0.4 is 5.32 Å². The summed E-state index contributed by atoms with van der Waals surface area (Å²) in [6.07, 6.45) is 6.82. The van der Waals surface area contributed by atoms with Crippen molar-refractivity contribution in [3.05, 3.63) is 29.6 Å². The van der Waals surface area contributed by atoms with Crippen LogP contribution in [0.3, 0.4) is 0 Å². The van der Waals surface area contributed by atoms with Crippen molar-refractivity contribution in [3.63, 3.8) is 0 Å². The van der Waals surface area contributed by atoms with Crippen LogP contribution in [-0.4, -0.2) is 28.7 Å². The lowest BCUT2D eigenvalue weighted by Crippen LogP contribution is -2.58. The average molecular weight is 471 g/mol. The molecule has 0 radical (unpaired) electrons. The van der Waals surface area contributed by atoms with Crippen molar-refractivity contribution in [2.45, 2.75) is 82.9 Å². The van der Waals surface area contributed by atoms with Gasteiger partial charge in [0.05, 0.1) is 29.5 Å². The van der Waals surface area contributed by atoms with Gasteiger partial charge in [0.2, 0.25) is 0 Å². The number of nitrogens with zero attached hydrogens (tertiary/aromatic N) is 1. The topological polar surface area (TPSA) is 73.1 Å². The summed E-state index contributed by atoms with van der Waals surface area (Å²) in [5.74, 6) is 0.136. The average Bonchev–Trinajstić information content (AvgIpc) is 3.15. The molecule has 34 heavy (non-hydrogen) atoms. The molecule has 0 amide bonds. The quantitative estimate of drug-likeness (QED) is 0.584. The molecule has 5 rings (SSSR count). The fraction of sp³-hybridized carbons (Fsp3) is 0.714. The van der Waals surface area contributed by atoms with E-state index in [4.69, 9.17) is 5.26 Å². The minimum Gasteiger partial charge on any atom is -0.390 e. The third-order valence-electron chi connectivity index (χ3n) is 10.3. The molecule has 8 atom stereocenters. The van der Waals surface area contributed by atoms with Gasteiger partial charge in [-0.3, -0.25) is 4.79 Å². The van der Waals surface area contributed by atoms with Crippen LogP contribution in [0.4, 0.5) is 14.5 Å². The first-order valence-electron chi connectivity index (χ1n) is 12.9. The molecule has 0 aromatic heterocycles. The molecular formula is C28H36F2N2O2. The number of rotatable bonds is 4. The molecule has 0 saturated heterocycles. The molecule has 6 heteroatoms. The van der Waals surface area contributed by atoms with Gasteiger partial charge in [-0.2, -0.15) is 5.26 Å². The van der Waals surface area contributed by atoms with E-state index >= 15 is 4.39 Å². The molecule has 1 aromatic rings. The highest BCUT2D eigenvalue weighted by Gasteiger charge is 2.63. The van der Waals surface area contributed by atoms with E-state index in [9.17, 15) is 14.3 Å². The first kappa shape index (κ1) is 23.7. The van der Waals surface area contributed by atoms with E-state index in [0.29, 0.717) is 31.1 Å². The Labute approximate surface area is 201 Å². The first-order valence-corrected chi connectivity index (χ1v) is 12.9. The van der Waals surface area contributed by atoms with Crippen LogP contribution in [0, 0.1) is 52.2 Å². The number of nitriles is 1. The van der Waals surface area contributed by atoms with Gasteiger partial charge in [0.1, 0.15) is 11.5 Å². The van der Waals surface area contributed by atoms with E-state index in [-0.39, 0.29) is 46.7 Å². The standard InChI is InChI=1S/C28H36F2N2O2/c1-26(34)11-12-28(30)18(14-26)4-5-19-20-6-7-22(27(20,2)10-9-21(19)28)25(33)16-32-24-8-3-17(15-31)13-23(24)29/h3,8,13,18-22,32,34H,4-7,9-12,14,16H2,1-2H3/t18-,19?,20+,21+,22-,26-,27+,28-/m1/s1. The molecule has 0 spiro atoms. The van der Waals surface area contributed by atoms with Gasteiger partial charge in [0, 0.05) is 5.92 Å². The number of aliphatic hydroxyl groups is 1. The molecule has 2 N–H and O–H groups in total. The number of fused-ring (bicyclic) bond motifs is 5. The number of Topliss-reactive ketones (excluding diaryl/α,β-unsaturated/α-hetero) is 1. The van der Waals surface area contributed by atoms with Crippen molar-refractivity contribution < 1.29 is 18.7 Å². The Morgan fingerprint density at radius 3 is 2.68 bits per heavy atom. The van der Waals surface area contributed by atoms with Gasteiger partial charge in [0.25, 0.3) is 0 Å². The number of halogens is 2. The molecule has 184 valence electrons. The largest absolute Gasteiger partial charge is 0.390 e. The van der Waals surface area contributed by atoms with Crippen molar-refractivity contribution in [3.8, 4) is 6.07 Å². The number of hydrogen-bond donors (Lipinski definition) is 2. The number of anilines is 1. The van der Waals surface area contributed by atoms with Crippen LogP contribution in [0.25, 0.3) is 0 Å². The summed E-state index contributed by atoms with van der Waals surface area (Å²) in [6, 6.07) is 6.13. The molecule has 0 bridgehead atoms. The smallest absolute Gasteiger partial charge is 0.155 e. The van der Waals surface area contributed by atoms with Gasteiger partial charge in [0.15, 0.2) is 5.78 Å². The number of carbonyl (C=O) groups is 1. The Hall–Kier alpha value is -2.00. The van der Waals surface area contributed by atoms with E-state index < -0.39 is 17.1 Å². The Morgan fingerprint density at radius 2 is 1.94 bits per heavy atom. The van der Waals surface area contributed by atoms with Crippen molar-refractivity contribution in [1.29, 1.82) is 5.26 Å². The van der Waals surface area contributed by atoms with Crippen LogP contribution in [0.2, 0.25) is 0 Å². The van der Waals surface area contributed by atoms with Gasteiger partial charge in [-0.15, -0.1) is 0 Å². The molecule has 4 saturated carbocycles. The summed E-state index contributed by atoms with van der Waals surface area (Å²) in [7, 11) is 0. The van der Waals surface area contributed by atoms with E-state index in [1.54, 1.807) is 0 Å². The van der Waals surface area contributed by atoms with E-state index in [0.717, 1.165) is 38.5 Å². The maximum absolute atomic E-state index is 16.5. The fourth-order valence-electron chi connectivity index (χ4n) is 8.54. The highest BCUT2D eigenvalue weighted by molar-refractivity contribution is 5.86. The number of nitrogens with one attached hydrogen (secondary N) is 1. The predicted molar refractivity (Wildman–Crippen MR) is 126 cm³/mol. The van der Waals surface area contributed by atoms with Crippen LogP contribution in [-0.2, 0) is 4.79 Å². The Morgan fingerprint density at radius 1 is 1.15 bits per heavy atom. The molecular weight excluding hydrogens is 434 g/mol. The van der Waals surface area contributed by atoms with Crippen LogP contribution >= 0.6 is 0 Å². The van der Waals surface area contributed by atoms with E-state index in [2.05, 4.69) is 12.2 Å². The third-order valence-corrected chi connectivity index (χ3v) is 10.3. The van der Waals surface area contributed by atoms with Gasteiger partial charge in [-0.1, -0.05) is 6.92 Å². The van der Waals surface area contributed by atoms with Crippen LogP contribution in [0.5, 0.6) is 0 Å². The lowest BCUT2D eigenvalue weighted by Gasteiger charge is -2.59. The highest BCUT2D eigenvalue weighted by atomic mass is 19.1. The number of ketones is 1. The second-order valence-corrected chi connectivity index (χ2v) is 12.1. The molecule has 4 aliphatic rings. The minimum atomic E-state index is -1.18. The molecule has 1 unspecified atom stereocenters. The maximum Gasteiger partial charge on any atom is 0.155 e. The van der Waals surface area contributed by atoms with Gasteiger partial charge in [-0.05, 0) is 112 Å².